The first kappa shape index (κ1) is 28.2. The number of hydrogen-bond acceptors (Lipinski definition) is 6. The number of nitrogens with zero attached hydrogens (tertiary/aromatic N) is 1. The zero-order chi connectivity index (χ0) is 26.0. The molecule has 3 aromatic rings. The highest BCUT2D eigenvalue weighted by Crippen LogP contribution is 2.26. The third kappa shape index (κ3) is 7.99. The average molecular weight is 500 g/mol. The number of methoxy groups -OCH3 is 1. The molecule has 0 aliphatic rings. The Morgan fingerprint density at radius 2 is 1.54 bits per heavy atom. The highest BCUT2D eigenvalue weighted by molar-refractivity contribution is 7.86. The van der Waals surface area contributed by atoms with Crippen molar-refractivity contribution in [2.75, 3.05) is 14.2 Å². The van der Waals surface area contributed by atoms with Gasteiger partial charge >= 0.3 is 0 Å². The predicted octanol–water partition coefficient (Wildman–Crippen LogP) is 6.18. The SMILES string of the molecule is CCC(C)c1ccc(S(=O)(=O)OCc2ccccc2Cc2ccc(C)cc2[N+](=O)[O-])cc1.COC. The molecule has 1 atom stereocenters. The number of ether oxygens (including phenoxy) is 1. The molecule has 0 amide bonds. The van der Waals surface area contributed by atoms with E-state index in [9.17, 15) is 18.5 Å². The van der Waals surface area contributed by atoms with Crippen LogP contribution in [0.4, 0.5) is 5.69 Å². The molecule has 0 saturated carbocycles. The van der Waals surface area contributed by atoms with E-state index in [-0.39, 0.29) is 17.2 Å². The van der Waals surface area contributed by atoms with Crippen LogP contribution in [0.3, 0.4) is 0 Å². The topological polar surface area (TPSA) is 95.7 Å². The number of nitro groups is 1. The molecule has 0 aliphatic heterocycles. The van der Waals surface area contributed by atoms with Crippen LogP contribution in [0.2, 0.25) is 0 Å². The maximum atomic E-state index is 12.7. The van der Waals surface area contributed by atoms with Crippen molar-refractivity contribution in [1.82, 2.24) is 0 Å². The highest BCUT2D eigenvalue weighted by atomic mass is 32.2. The number of hydrogen-bond donors (Lipinski definition) is 0. The summed E-state index contributed by atoms with van der Waals surface area (Å²) in [4.78, 5) is 11.2. The summed E-state index contributed by atoms with van der Waals surface area (Å²) in [6.45, 7) is 5.83. The lowest BCUT2D eigenvalue weighted by atomic mass is 9.98. The molecule has 8 heteroatoms. The molecule has 0 heterocycles. The van der Waals surface area contributed by atoms with E-state index in [1.165, 1.54) is 0 Å². The minimum absolute atomic E-state index is 0.0507. The van der Waals surface area contributed by atoms with E-state index in [4.69, 9.17) is 4.18 Å². The lowest BCUT2D eigenvalue weighted by Gasteiger charge is -2.12. The van der Waals surface area contributed by atoms with Crippen molar-refractivity contribution in [3.63, 3.8) is 0 Å². The van der Waals surface area contributed by atoms with E-state index in [1.54, 1.807) is 57.5 Å². The quantitative estimate of drug-likeness (QED) is 0.198. The number of aryl methyl sites for hydroxylation is 1. The normalized spacial score (nSPS) is 11.9. The minimum Gasteiger partial charge on any atom is -0.388 e. The molecule has 0 spiro atoms. The minimum atomic E-state index is -3.93. The molecule has 0 aromatic heterocycles. The maximum absolute atomic E-state index is 12.7. The van der Waals surface area contributed by atoms with Crippen LogP contribution in [0.25, 0.3) is 0 Å². The Kier molecular flexibility index (Phi) is 10.6. The lowest BCUT2D eigenvalue weighted by molar-refractivity contribution is -0.385. The van der Waals surface area contributed by atoms with E-state index >= 15 is 0 Å². The van der Waals surface area contributed by atoms with Gasteiger partial charge in [0, 0.05) is 32.3 Å². The second-order valence-electron chi connectivity index (χ2n) is 8.34. The second kappa shape index (κ2) is 13.1. The van der Waals surface area contributed by atoms with E-state index in [2.05, 4.69) is 18.6 Å². The molecule has 35 heavy (non-hydrogen) atoms. The molecule has 1 unspecified atom stereocenters. The molecular formula is C27H33NO6S. The van der Waals surface area contributed by atoms with Gasteiger partial charge in [-0.1, -0.05) is 62.4 Å². The van der Waals surface area contributed by atoms with Crippen molar-refractivity contribution < 1.29 is 22.3 Å². The summed E-state index contributed by atoms with van der Waals surface area (Å²) >= 11 is 0. The number of nitro benzene ring substituents is 1. The molecule has 0 saturated heterocycles. The number of rotatable bonds is 9. The summed E-state index contributed by atoms with van der Waals surface area (Å²) in [5.41, 5.74) is 3.95. The Hall–Kier alpha value is -3.07. The molecule has 0 radical (unpaired) electrons. The molecular weight excluding hydrogens is 466 g/mol. The molecule has 3 aromatic carbocycles. The van der Waals surface area contributed by atoms with Crippen LogP contribution >= 0.6 is 0 Å². The summed E-state index contributed by atoms with van der Waals surface area (Å²) in [7, 11) is -0.683. The molecule has 0 fully saturated rings. The van der Waals surface area contributed by atoms with Gasteiger partial charge in [0.05, 0.1) is 16.4 Å². The molecule has 3 rings (SSSR count). The Balaban J connectivity index is 0.00000137. The summed E-state index contributed by atoms with van der Waals surface area (Å²) in [6.07, 6.45) is 1.28. The fraction of sp³-hybridized carbons (Fsp3) is 0.333. The van der Waals surface area contributed by atoms with Crippen LogP contribution in [0.1, 0.15) is 54.0 Å². The van der Waals surface area contributed by atoms with Gasteiger partial charge in [0.15, 0.2) is 0 Å². The molecule has 0 N–H and O–H groups in total. The number of benzene rings is 3. The monoisotopic (exact) mass is 499 g/mol. The van der Waals surface area contributed by atoms with Gasteiger partial charge in [-0.2, -0.15) is 8.42 Å². The van der Waals surface area contributed by atoms with E-state index in [0.29, 0.717) is 23.5 Å². The Morgan fingerprint density at radius 1 is 0.943 bits per heavy atom. The largest absolute Gasteiger partial charge is 0.388 e. The Bertz CT molecular complexity index is 1220. The first-order valence-electron chi connectivity index (χ1n) is 11.3. The van der Waals surface area contributed by atoms with Crippen LogP contribution in [0, 0.1) is 17.0 Å². The van der Waals surface area contributed by atoms with Gasteiger partial charge in [-0.3, -0.25) is 14.3 Å². The van der Waals surface area contributed by atoms with Gasteiger partial charge in [0.25, 0.3) is 15.8 Å². The van der Waals surface area contributed by atoms with Crippen molar-refractivity contribution in [1.29, 1.82) is 0 Å². The standard InChI is InChI=1S/C25H27NO5S.C2H6O/c1-4-19(3)20-11-13-24(14-12-20)32(29,30)31-17-23-8-6-5-7-21(23)16-22-10-9-18(2)15-25(22)26(27)28;1-3-2/h5-15,19H,4,16-17H2,1-3H3;1-2H3. The fourth-order valence-electron chi connectivity index (χ4n) is 3.48. The van der Waals surface area contributed by atoms with Gasteiger partial charge in [0.1, 0.15) is 0 Å². The van der Waals surface area contributed by atoms with Crippen LogP contribution in [0.5, 0.6) is 0 Å². The first-order valence-corrected chi connectivity index (χ1v) is 12.7. The average Bonchev–Trinajstić information content (AvgIpc) is 2.84. The summed E-state index contributed by atoms with van der Waals surface area (Å²) in [5, 5.41) is 11.4. The van der Waals surface area contributed by atoms with E-state index in [1.807, 2.05) is 30.3 Å². The van der Waals surface area contributed by atoms with Crippen LogP contribution < -0.4 is 0 Å². The van der Waals surface area contributed by atoms with Gasteiger partial charge in [-0.15, -0.1) is 0 Å². The van der Waals surface area contributed by atoms with Gasteiger partial charge in [-0.25, -0.2) is 0 Å². The van der Waals surface area contributed by atoms with Gasteiger partial charge in [-0.05, 0) is 53.6 Å². The molecule has 188 valence electrons. The van der Waals surface area contributed by atoms with E-state index < -0.39 is 15.0 Å². The van der Waals surface area contributed by atoms with Crippen molar-refractivity contribution in [2.45, 2.75) is 51.0 Å². The summed E-state index contributed by atoms with van der Waals surface area (Å²) in [5.74, 6) is 0.352. The molecule has 7 nitrogen and oxygen atoms in total. The first-order chi connectivity index (χ1) is 16.6. The Morgan fingerprint density at radius 3 is 2.11 bits per heavy atom. The van der Waals surface area contributed by atoms with Gasteiger partial charge < -0.3 is 4.74 Å². The second-order valence-corrected chi connectivity index (χ2v) is 9.95. The third-order valence-corrected chi connectivity index (χ3v) is 6.93. The predicted molar refractivity (Wildman–Crippen MR) is 137 cm³/mol. The zero-order valence-corrected chi connectivity index (χ0v) is 21.7. The lowest BCUT2D eigenvalue weighted by Crippen LogP contribution is -2.08. The third-order valence-electron chi connectivity index (χ3n) is 5.66. The van der Waals surface area contributed by atoms with Gasteiger partial charge in [0.2, 0.25) is 0 Å². The van der Waals surface area contributed by atoms with Crippen molar-refractivity contribution in [3.8, 4) is 0 Å². The summed E-state index contributed by atoms with van der Waals surface area (Å²) < 4.78 is 35.0. The van der Waals surface area contributed by atoms with Crippen LogP contribution in [-0.2, 0) is 32.1 Å². The maximum Gasteiger partial charge on any atom is 0.297 e. The van der Waals surface area contributed by atoms with E-state index in [0.717, 1.165) is 23.1 Å². The van der Waals surface area contributed by atoms with Crippen LogP contribution in [-0.4, -0.2) is 27.6 Å². The van der Waals surface area contributed by atoms with Crippen molar-refractivity contribution in [3.05, 3.63) is 105 Å². The summed E-state index contributed by atoms with van der Waals surface area (Å²) in [6, 6.07) is 19.1. The van der Waals surface area contributed by atoms with Crippen molar-refractivity contribution >= 4 is 15.8 Å². The smallest absolute Gasteiger partial charge is 0.297 e. The molecule has 0 aliphatic carbocycles. The molecule has 0 bridgehead atoms. The van der Waals surface area contributed by atoms with Crippen molar-refractivity contribution in [2.24, 2.45) is 0 Å². The zero-order valence-electron chi connectivity index (χ0n) is 20.9. The van der Waals surface area contributed by atoms with Crippen LogP contribution in [0.15, 0.2) is 71.6 Å². The Labute approximate surface area is 208 Å². The fourth-order valence-corrected chi connectivity index (χ4v) is 4.36. The highest BCUT2D eigenvalue weighted by Gasteiger charge is 2.19.